The highest BCUT2D eigenvalue weighted by Crippen LogP contribution is 2.07. The molecule has 0 aliphatic carbocycles. The Morgan fingerprint density at radius 3 is 2.82 bits per heavy atom. The van der Waals surface area contributed by atoms with E-state index in [9.17, 15) is 8.42 Å². The second-order valence-electron chi connectivity index (χ2n) is 1.96. The maximum Gasteiger partial charge on any atom is 0.193 e. The van der Waals surface area contributed by atoms with Gasteiger partial charge in [-0.25, -0.2) is 8.42 Å². The minimum atomic E-state index is -3.36. The summed E-state index contributed by atoms with van der Waals surface area (Å²) >= 11 is 0. The van der Waals surface area contributed by atoms with Crippen molar-refractivity contribution in [1.29, 1.82) is 5.26 Å². The van der Waals surface area contributed by atoms with Gasteiger partial charge in [-0.1, -0.05) is 0 Å². The van der Waals surface area contributed by atoms with E-state index in [1.165, 1.54) is 18.5 Å². The van der Waals surface area contributed by atoms with Crippen LogP contribution >= 0.6 is 0 Å². The number of nitriles is 1. The zero-order valence-electron chi connectivity index (χ0n) is 5.61. The summed E-state index contributed by atoms with van der Waals surface area (Å²) in [4.78, 5) is 2.77. The van der Waals surface area contributed by atoms with Crippen LogP contribution in [0.15, 0.2) is 23.4 Å². The van der Waals surface area contributed by atoms with E-state index < -0.39 is 15.6 Å². The predicted octanol–water partition coefficient (Wildman–Crippen LogP) is 0.312. The zero-order valence-corrected chi connectivity index (χ0v) is 6.43. The first-order chi connectivity index (χ1) is 5.17. The Bertz CT molecular complexity index is 358. The Hall–Kier alpha value is -1.28. The number of aromatic nitrogens is 1. The van der Waals surface area contributed by atoms with Crippen LogP contribution in [0.5, 0.6) is 0 Å². The SMILES string of the molecule is N#CCS(=O)(=O)c1cc[nH]c1. The van der Waals surface area contributed by atoms with Crippen LogP contribution in [-0.2, 0) is 9.84 Å². The molecule has 0 fully saturated rings. The van der Waals surface area contributed by atoms with Crippen LogP contribution in [0, 0.1) is 11.3 Å². The maximum atomic E-state index is 11.1. The van der Waals surface area contributed by atoms with E-state index in [-0.39, 0.29) is 4.90 Å². The van der Waals surface area contributed by atoms with Gasteiger partial charge < -0.3 is 4.98 Å². The zero-order chi connectivity index (χ0) is 8.32. The van der Waals surface area contributed by atoms with E-state index in [4.69, 9.17) is 5.26 Å². The van der Waals surface area contributed by atoms with E-state index in [1.807, 2.05) is 0 Å². The lowest BCUT2D eigenvalue weighted by Crippen LogP contribution is -2.02. The van der Waals surface area contributed by atoms with Crippen LogP contribution in [0.4, 0.5) is 0 Å². The van der Waals surface area contributed by atoms with Gasteiger partial charge >= 0.3 is 0 Å². The average molecular weight is 170 g/mol. The Balaban J connectivity index is 3.04. The van der Waals surface area contributed by atoms with Crippen LogP contribution in [0.1, 0.15) is 0 Å². The lowest BCUT2D eigenvalue weighted by molar-refractivity contribution is 0.599. The van der Waals surface area contributed by atoms with Crippen LogP contribution in [0.25, 0.3) is 0 Å². The Morgan fingerprint density at radius 1 is 1.64 bits per heavy atom. The summed E-state index contributed by atoms with van der Waals surface area (Å²) in [6.45, 7) is 0. The standard InChI is InChI=1S/C6H6N2O2S/c7-2-4-11(9,10)6-1-3-8-5-6/h1,3,5,8H,4H2. The molecule has 5 heteroatoms. The van der Waals surface area contributed by atoms with Crippen LogP contribution in [0.2, 0.25) is 0 Å². The van der Waals surface area contributed by atoms with Crippen molar-refractivity contribution in [2.24, 2.45) is 0 Å². The Kier molecular flexibility index (Phi) is 1.96. The molecule has 1 rings (SSSR count). The van der Waals surface area contributed by atoms with E-state index in [2.05, 4.69) is 4.98 Å². The fraction of sp³-hybridized carbons (Fsp3) is 0.167. The molecule has 0 saturated heterocycles. The van der Waals surface area contributed by atoms with Gasteiger partial charge in [0.1, 0.15) is 5.75 Å². The van der Waals surface area contributed by atoms with Crippen LogP contribution < -0.4 is 0 Å². The molecule has 0 bridgehead atoms. The second kappa shape index (κ2) is 2.76. The van der Waals surface area contributed by atoms with E-state index in [1.54, 1.807) is 6.07 Å². The largest absolute Gasteiger partial charge is 0.366 e. The summed E-state index contributed by atoms with van der Waals surface area (Å²) < 4.78 is 22.1. The van der Waals surface area contributed by atoms with E-state index >= 15 is 0 Å². The van der Waals surface area contributed by atoms with Gasteiger partial charge in [0.25, 0.3) is 0 Å². The molecular weight excluding hydrogens is 164 g/mol. The van der Waals surface area contributed by atoms with Gasteiger partial charge in [-0.3, -0.25) is 0 Å². The first-order valence-electron chi connectivity index (χ1n) is 2.89. The first kappa shape index (κ1) is 7.82. The Morgan fingerprint density at radius 2 is 2.36 bits per heavy atom. The molecule has 0 radical (unpaired) electrons. The van der Waals surface area contributed by atoms with Gasteiger partial charge in [0.05, 0.1) is 11.0 Å². The number of hydrogen-bond donors (Lipinski definition) is 1. The maximum absolute atomic E-state index is 11.1. The molecule has 0 aliphatic rings. The molecule has 0 unspecified atom stereocenters. The molecule has 1 aromatic heterocycles. The number of sulfone groups is 1. The predicted molar refractivity (Wildman–Crippen MR) is 38.5 cm³/mol. The topological polar surface area (TPSA) is 73.7 Å². The molecule has 11 heavy (non-hydrogen) atoms. The third-order valence-electron chi connectivity index (χ3n) is 1.18. The van der Waals surface area contributed by atoms with Crippen molar-refractivity contribution in [3.63, 3.8) is 0 Å². The summed E-state index contributed by atoms with van der Waals surface area (Å²) in [7, 11) is -3.36. The monoisotopic (exact) mass is 170 g/mol. The van der Waals surface area contributed by atoms with Gasteiger partial charge in [0.2, 0.25) is 0 Å². The quantitative estimate of drug-likeness (QED) is 0.694. The molecule has 0 aromatic carbocycles. The van der Waals surface area contributed by atoms with Crippen molar-refractivity contribution < 1.29 is 8.42 Å². The molecule has 0 aliphatic heterocycles. The molecular formula is C6H6N2O2S. The molecule has 1 heterocycles. The number of nitrogens with one attached hydrogen (secondary N) is 1. The highest BCUT2D eigenvalue weighted by molar-refractivity contribution is 7.91. The number of nitrogens with zero attached hydrogens (tertiary/aromatic N) is 1. The van der Waals surface area contributed by atoms with Gasteiger partial charge in [-0.2, -0.15) is 5.26 Å². The van der Waals surface area contributed by atoms with Crippen molar-refractivity contribution >= 4 is 9.84 Å². The minimum Gasteiger partial charge on any atom is -0.366 e. The van der Waals surface area contributed by atoms with E-state index in [0.717, 1.165) is 0 Å². The molecule has 0 amide bonds. The molecule has 1 N–H and O–H groups in total. The number of aromatic amines is 1. The summed E-state index contributed by atoms with van der Waals surface area (Å²) in [6.07, 6.45) is 2.86. The molecule has 58 valence electrons. The van der Waals surface area contributed by atoms with Gasteiger partial charge in [-0.05, 0) is 6.07 Å². The summed E-state index contributed by atoms with van der Waals surface area (Å²) in [5.41, 5.74) is 0. The third kappa shape index (κ3) is 1.59. The van der Waals surface area contributed by atoms with Crippen molar-refractivity contribution in [3.05, 3.63) is 18.5 Å². The first-order valence-corrected chi connectivity index (χ1v) is 4.54. The van der Waals surface area contributed by atoms with Crippen LogP contribution in [0.3, 0.4) is 0 Å². The summed E-state index contributed by atoms with van der Waals surface area (Å²) in [5.74, 6) is -0.467. The fourth-order valence-electron chi connectivity index (χ4n) is 0.670. The van der Waals surface area contributed by atoms with Crippen LogP contribution in [-0.4, -0.2) is 19.2 Å². The summed E-state index contributed by atoms with van der Waals surface area (Å²) in [5, 5.41) is 8.16. The minimum absolute atomic E-state index is 0.166. The number of H-pyrrole nitrogens is 1. The van der Waals surface area contributed by atoms with Crippen molar-refractivity contribution in [1.82, 2.24) is 4.98 Å². The van der Waals surface area contributed by atoms with Gasteiger partial charge in [0, 0.05) is 12.4 Å². The normalized spacial score (nSPS) is 10.8. The highest BCUT2D eigenvalue weighted by atomic mass is 32.2. The fourth-order valence-corrected chi connectivity index (χ4v) is 1.53. The molecule has 0 spiro atoms. The summed E-state index contributed by atoms with van der Waals surface area (Å²) in [6, 6.07) is 3.02. The number of rotatable bonds is 2. The second-order valence-corrected chi connectivity index (χ2v) is 3.95. The number of hydrogen-bond acceptors (Lipinski definition) is 3. The molecule has 1 aromatic rings. The van der Waals surface area contributed by atoms with E-state index in [0.29, 0.717) is 0 Å². The highest BCUT2D eigenvalue weighted by Gasteiger charge is 2.12. The molecule has 4 nitrogen and oxygen atoms in total. The average Bonchev–Trinajstić information content (AvgIpc) is 2.37. The van der Waals surface area contributed by atoms with Crippen molar-refractivity contribution in [2.45, 2.75) is 4.90 Å². The Labute approximate surface area is 64.4 Å². The van der Waals surface area contributed by atoms with Gasteiger partial charge in [0.15, 0.2) is 9.84 Å². The lowest BCUT2D eigenvalue weighted by atomic mass is 10.7. The third-order valence-corrected chi connectivity index (χ3v) is 2.66. The molecule has 0 atom stereocenters. The van der Waals surface area contributed by atoms with Gasteiger partial charge in [-0.15, -0.1) is 0 Å². The molecule has 0 saturated carbocycles. The smallest absolute Gasteiger partial charge is 0.193 e. The van der Waals surface area contributed by atoms with Crippen molar-refractivity contribution in [3.8, 4) is 6.07 Å². The van der Waals surface area contributed by atoms with Crippen molar-refractivity contribution in [2.75, 3.05) is 5.75 Å². The lowest BCUT2D eigenvalue weighted by Gasteiger charge is -1.91.